The van der Waals surface area contributed by atoms with Crippen LogP contribution in [0.25, 0.3) is 0 Å². The molecule has 0 aliphatic carbocycles. The summed E-state index contributed by atoms with van der Waals surface area (Å²) in [6.45, 7) is 9.45. The van der Waals surface area contributed by atoms with Crippen molar-refractivity contribution in [2.75, 3.05) is 6.54 Å². The molecule has 1 unspecified atom stereocenters. The van der Waals surface area contributed by atoms with E-state index in [2.05, 4.69) is 58.0 Å². The van der Waals surface area contributed by atoms with Gasteiger partial charge in [-0.1, -0.05) is 70.2 Å². The third-order valence-electron chi connectivity index (χ3n) is 6.05. The van der Waals surface area contributed by atoms with E-state index in [9.17, 15) is 5.11 Å². The van der Waals surface area contributed by atoms with Crippen LogP contribution in [0.5, 0.6) is 5.75 Å². The summed E-state index contributed by atoms with van der Waals surface area (Å²) < 4.78 is 0. The Morgan fingerprint density at radius 3 is 2.03 bits per heavy atom. The first-order valence-corrected chi connectivity index (χ1v) is 10.1. The number of aromatic hydroxyl groups is 1. The van der Waals surface area contributed by atoms with Crippen molar-refractivity contribution in [1.29, 1.82) is 0 Å². The Kier molecular flexibility index (Phi) is 11.9. The van der Waals surface area contributed by atoms with Crippen LogP contribution in [0.2, 0.25) is 0 Å². The molecule has 0 aliphatic rings. The predicted molar refractivity (Wildman–Crippen MR) is 129 cm³/mol. The van der Waals surface area contributed by atoms with Gasteiger partial charge in [-0.15, -0.1) is 24.8 Å². The zero-order valence-corrected chi connectivity index (χ0v) is 19.7. The van der Waals surface area contributed by atoms with E-state index in [0.717, 1.165) is 24.8 Å². The molecule has 3 nitrogen and oxygen atoms in total. The van der Waals surface area contributed by atoms with Crippen LogP contribution in [0.4, 0.5) is 0 Å². The molecule has 0 aliphatic heterocycles. The fourth-order valence-electron chi connectivity index (χ4n) is 3.93. The SMILES string of the molecule is CC(C)C(N)(CC(c1ccccc1)c1cc(CCCN)ccc1O)C(C)C.Cl.Cl. The minimum atomic E-state index is -0.319. The maximum atomic E-state index is 10.7. The molecule has 0 saturated heterocycles. The second kappa shape index (κ2) is 12.4. The molecule has 2 aromatic rings. The summed E-state index contributed by atoms with van der Waals surface area (Å²) in [7, 11) is 0. The van der Waals surface area contributed by atoms with Crippen LogP contribution in [0, 0.1) is 11.8 Å². The fourth-order valence-corrected chi connectivity index (χ4v) is 3.93. The predicted octanol–water partition coefficient (Wildman–Crippen LogP) is 5.66. The molecule has 2 rings (SSSR count). The molecule has 0 amide bonds. The van der Waals surface area contributed by atoms with E-state index in [-0.39, 0.29) is 36.3 Å². The highest BCUT2D eigenvalue weighted by molar-refractivity contribution is 5.85. The molecule has 164 valence electrons. The number of hydrogen-bond acceptors (Lipinski definition) is 3. The van der Waals surface area contributed by atoms with Gasteiger partial charge in [0.1, 0.15) is 5.75 Å². The van der Waals surface area contributed by atoms with Crippen LogP contribution in [-0.2, 0) is 6.42 Å². The molecule has 0 radical (unpaired) electrons. The summed E-state index contributed by atoms with van der Waals surface area (Å²) in [6, 6.07) is 16.4. The zero-order valence-electron chi connectivity index (χ0n) is 18.1. The van der Waals surface area contributed by atoms with Crippen molar-refractivity contribution in [3.63, 3.8) is 0 Å². The summed E-state index contributed by atoms with van der Waals surface area (Å²) in [5.74, 6) is 1.08. The number of rotatable bonds is 9. The van der Waals surface area contributed by atoms with Gasteiger partial charge in [0.25, 0.3) is 0 Å². The molecular weight excluding hydrogens is 403 g/mol. The lowest BCUT2D eigenvalue weighted by molar-refractivity contribution is 0.199. The minimum absolute atomic E-state index is 0. The first kappa shape index (κ1) is 27.7. The van der Waals surface area contributed by atoms with Gasteiger partial charge < -0.3 is 16.6 Å². The highest BCUT2D eigenvalue weighted by Gasteiger charge is 2.36. The standard InChI is InChI=1S/C24H36N2O.2ClH/c1-17(2)24(26,18(3)4)16-22(20-10-6-5-7-11-20)21-15-19(9-8-14-25)12-13-23(21)27;;/h5-7,10-13,15,17-18,22,27H,8-9,14,16,25-26H2,1-4H3;2*1H. The van der Waals surface area contributed by atoms with Gasteiger partial charge in [-0.25, -0.2) is 0 Å². The van der Waals surface area contributed by atoms with E-state index in [0.29, 0.717) is 24.1 Å². The van der Waals surface area contributed by atoms with Crippen LogP contribution >= 0.6 is 24.8 Å². The van der Waals surface area contributed by atoms with Crippen molar-refractivity contribution < 1.29 is 5.11 Å². The van der Waals surface area contributed by atoms with E-state index in [1.54, 1.807) is 0 Å². The fraction of sp³-hybridized carbons (Fsp3) is 0.500. The molecular formula is C24H38Cl2N2O. The van der Waals surface area contributed by atoms with Gasteiger partial charge in [-0.3, -0.25) is 0 Å². The molecule has 0 bridgehead atoms. The van der Waals surface area contributed by atoms with Crippen LogP contribution in [0.15, 0.2) is 48.5 Å². The normalized spacial score (nSPS) is 12.4. The van der Waals surface area contributed by atoms with E-state index in [1.807, 2.05) is 18.2 Å². The average Bonchev–Trinajstić information content (AvgIpc) is 2.65. The number of halogens is 2. The molecule has 0 spiro atoms. The second-order valence-electron chi connectivity index (χ2n) is 8.37. The number of phenols is 1. The highest BCUT2D eigenvalue weighted by atomic mass is 35.5. The topological polar surface area (TPSA) is 72.3 Å². The Hall–Kier alpha value is -1.26. The molecule has 1 atom stereocenters. The van der Waals surface area contributed by atoms with E-state index >= 15 is 0 Å². The number of hydrogen-bond donors (Lipinski definition) is 3. The molecule has 29 heavy (non-hydrogen) atoms. The van der Waals surface area contributed by atoms with Gasteiger partial charge in [0.2, 0.25) is 0 Å². The van der Waals surface area contributed by atoms with Crippen LogP contribution in [0.1, 0.15) is 63.1 Å². The minimum Gasteiger partial charge on any atom is -0.508 e. The van der Waals surface area contributed by atoms with Gasteiger partial charge >= 0.3 is 0 Å². The van der Waals surface area contributed by atoms with E-state index < -0.39 is 0 Å². The molecule has 2 aromatic carbocycles. The summed E-state index contributed by atoms with van der Waals surface area (Å²) in [5, 5.41) is 10.7. The van der Waals surface area contributed by atoms with Crippen molar-refractivity contribution in [3.05, 3.63) is 65.2 Å². The van der Waals surface area contributed by atoms with Crippen molar-refractivity contribution >= 4 is 24.8 Å². The maximum Gasteiger partial charge on any atom is 0.119 e. The smallest absolute Gasteiger partial charge is 0.119 e. The molecule has 0 aromatic heterocycles. The molecule has 0 saturated carbocycles. The quantitative estimate of drug-likeness (QED) is 0.470. The molecule has 0 fully saturated rings. The van der Waals surface area contributed by atoms with Crippen molar-refractivity contribution in [1.82, 2.24) is 0 Å². The van der Waals surface area contributed by atoms with Crippen molar-refractivity contribution in [2.24, 2.45) is 23.3 Å². The second-order valence-corrected chi connectivity index (χ2v) is 8.37. The Morgan fingerprint density at radius 2 is 1.52 bits per heavy atom. The largest absolute Gasteiger partial charge is 0.508 e. The number of benzene rings is 2. The average molecular weight is 441 g/mol. The number of aryl methyl sites for hydroxylation is 1. The molecule has 5 N–H and O–H groups in total. The first-order chi connectivity index (χ1) is 12.8. The Labute approximate surface area is 189 Å². The summed E-state index contributed by atoms with van der Waals surface area (Å²) >= 11 is 0. The van der Waals surface area contributed by atoms with Gasteiger partial charge in [0.15, 0.2) is 0 Å². The number of nitrogens with two attached hydrogens (primary N) is 2. The Morgan fingerprint density at radius 1 is 0.931 bits per heavy atom. The monoisotopic (exact) mass is 440 g/mol. The van der Waals surface area contributed by atoms with Crippen LogP contribution < -0.4 is 11.5 Å². The highest BCUT2D eigenvalue weighted by Crippen LogP contribution is 2.41. The third-order valence-corrected chi connectivity index (χ3v) is 6.05. The zero-order chi connectivity index (χ0) is 20.0. The van der Waals surface area contributed by atoms with E-state index in [4.69, 9.17) is 11.5 Å². The maximum absolute atomic E-state index is 10.7. The molecule has 0 heterocycles. The van der Waals surface area contributed by atoms with Gasteiger partial charge in [0.05, 0.1) is 0 Å². The Bertz CT molecular complexity index is 712. The third kappa shape index (κ3) is 6.89. The van der Waals surface area contributed by atoms with Gasteiger partial charge in [0, 0.05) is 17.0 Å². The lowest BCUT2D eigenvalue weighted by Gasteiger charge is -2.41. The summed E-state index contributed by atoms with van der Waals surface area (Å²) in [5.41, 5.74) is 15.7. The first-order valence-electron chi connectivity index (χ1n) is 10.1. The lowest BCUT2D eigenvalue weighted by atomic mass is 9.69. The summed E-state index contributed by atoms with van der Waals surface area (Å²) in [4.78, 5) is 0. The van der Waals surface area contributed by atoms with Crippen LogP contribution in [-0.4, -0.2) is 17.2 Å². The van der Waals surface area contributed by atoms with E-state index in [1.165, 1.54) is 11.1 Å². The number of phenolic OH excluding ortho intramolecular Hbond substituents is 1. The van der Waals surface area contributed by atoms with Crippen molar-refractivity contribution in [2.45, 2.75) is 58.4 Å². The van der Waals surface area contributed by atoms with Gasteiger partial charge in [-0.2, -0.15) is 0 Å². The summed E-state index contributed by atoms with van der Waals surface area (Å²) in [6.07, 6.45) is 2.66. The Balaban J connectivity index is 0.00000392. The van der Waals surface area contributed by atoms with Crippen molar-refractivity contribution in [3.8, 4) is 5.75 Å². The lowest BCUT2D eigenvalue weighted by Crippen LogP contribution is -2.51. The van der Waals surface area contributed by atoms with Crippen LogP contribution in [0.3, 0.4) is 0 Å². The van der Waals surface area contributed by atoms with Gasteiger partial charge in [-0.05, 0) is 54.8 Å². The molecule has 5 heteroatoms.